The molecule has 0 unspecified atom stereocenters. The molecule has 0 aliphatic rings. The molecule has 0 spiro atoms. The van der Waals surface area contributed by atoms with Crippen LogP contribution >= 0.6 is 0 Å². The van der Waals surface area contributed by atoms with Crippen LogP contribution < -0.4 is 4.74 Å². The molecule has 0 amide bonds. The van der Waals surface area contributed by atoms with Gasteiger partial charge in [0.25, 0.3) is 0 Å². The first-order valence-corrected chi connectivity index (χ1v) is 10.5. The molecular formula is C26H18F2N4O2. The molecule has 0 saturated carbocycles. The number of benzene rings is 3. The van der Waals surface area contributed by atoms with Crippen molar-refractivity contribution >= 4 is 16.8 Å². The van der Waals surface area contributed by atoms with Gasteiger partial charge in [0.15, 0.2) is 23.2 Å². The Morgan fingerprint density at radius 3 is 2.59 bits per heavy atom. The molecule has 0 aliphatic heterocycles. The van der Waals surface area contributed by atoms with Gasteiger partial charge in [-0.25, -0.2) is 18.7 Å². The van der Waals surface area contributed by atoms with Crippen LogP contribution in [0.4, 0.5) is 8.78 Å². The maximum Gasteiger partial charge on any atom is 0.196 e. The summed E-state index contributed by atoms with van der Waals surface area (Å²) < 4.78 is 36.3. The van der Waals surface area contributed by atoms with Crippen molar-refractivity contribution in [2.45, 2.75) is 13.5 Å². The molecule has 0 N–H and O–H groups in total. The van der Waals surface area contributed by atoms with Crippen molar-refractivity contribution in [1.29, 1.82) is 0 Å². The molecule has 0 aliphatic carbocycles. The molecule has 0 saturated heterocycles. The van der Waals surface area contributed by atoms with E-state index in [-0.39, 0.29) is 17.9 Å². The number of carbonyl (C=O) groups is 1. The molecule has 6 nitrogen and oxygen atoms in total. The van der Waals surface area contributed by atoms with Gasteiger partial charge >= 0.3 is 0 Å². The molecule has 0 bridgehead atoms. The quantitative estimate of drug-likeness (QED) is 0.328. The first-order valence-electron chi connectivity index (χ1n) is 10.5. The fourth-order valence-electron chi connectivity index (χ4n) is 3.59. The predicted octanol–water partition coefficient (Wildman–Crippen LogP) is 5.21. The number of hydrogen-bond acceptors (Lipinski definition) is 5. The van der Waals surface area contributed by atoms with Gasteiger partial charge in [-0.05, 0) is 36.8 Å². The van der Waals surface area contributed by atoms with E-state index in [4.69, 9.17) is 4.74 Å². The van der Waals surface area contributed by atoms with Crippen LogP contribution in [-0.2, 0) is 6.61 Å². The van der Waals surface area contributed by atoms with Gasteiger partial charge in [-0.1, -0.05) is 30.3 Å². The van der Waals surface area contributed by atoms with Gasteiger partial charge in [-0.2, -0.15) is 0 Å². The number of ether oxygens (including phenoxy) is 1. The SMILES string of the molecule is Cc1nccn1-c1cnc2ccc(C(=O)c3cc(OCc4ccccc4)cc(F)c3F)cc2n1. The Morgan fingerprint density at radius 2 is 1.82 bits per heavy atom. The lowest BCUT2D eigenvalue weighted by molar-refractivity contribution is 0.103. The monoisotopic (exact) mass is 456 g/mol. The normalized spacial score (nSPS) is 11.0. The average Bonchev–Trinajstić information content (AvgIpc) is 3.30. The van der Waals surface area contributed by atoms with Gasteiger partial charge in [0.05, 0.1) is 22.8 Å². The number of halogens is 2. The molecular weight excluding hydrogens is 438 g/mol. The van der Waals surface area contributed by atoms with Gasteiger partial charge in [-0.15, -0.1) is 0 Å². The number of aromatic nitrogens is 4. The molecule has 0 radical (unpaired) electrons. The maximum atomic E-state index is 14.6. The van der Waals surface area contributed by atoms with Crippen LogP contribution in [0.3, 0.4) is 0 Å². The molecule has 34 heavy (non-hydrogen) atoms. The van der Waals surface area contributed by atoms with E-state index in [1.54, 1.807) is 29.2 Å². The number of nitrogens with zero attached hydrogens (tertiary/aromatic N) is 4. The number of imidazole rings is 1. The second-order valence-corrected chi connectivity index (χ2v) is 7.65. The fraction of sp³-hybridized carbons (Fsp3) is 0.0769. The van der Waals surface area contributed by atoms with Gasteiger partial charge in [0.1, 0.15) is 18.2 Å². The van der Waals surface area contributed by atoms with Crippen molar-refractivity contribution in [3.8, 4) is 11.6 Å². The van der Waals surface area contributed by atoms with Crippen LogP contribution in [0.5, 0.6) is 5.75 Å². The largest absolute Gasteiger partial charge is 0.489 e. The van der Waals surface area contributed by atoms with E-state index < -0.39 is 23.0 Å². The van der Waals surface area contributed by atoms with Crippen molar-refractivity contribution < 1.29 is 18.3 Å². The molecule has 8 heteroatoms. The molecule has 3 aromatic carbocycles. The van der Waals surface area contributed by atoms with E-state index in [1.807, 2.05) is 37.3 Å². The van der Waals surface area contributed by atoms with Gasteiger partial charge in [0, 0.05) is 24.0 Å². The van der Waals surface area contributed by atoms with Crippen LogP contribution in [0, 0.1) is 18.6 Å². The van der Waals surface area contributed by atoms with E-state index in [0.29, 0.717) is 16.9 Å². The van der Waals surface area contributed by atoms with E-state index in [1.165, 1.54) is 18.2 Å². The highest BCUT2D eigenvalue weighted by Gasteiger charge is 2.20. The Hall–Kier alpha value is -4.46. The maximum absolute atomic E-state index is 14.6. The van der Waals surface area contributed by atoms with Crippen molar-refractivity contribution in [2.24, 2.45) is 0 Å². The molecule has 2 heterocycles. The van der Waals surface area contributed by atoms with Crippen molar-refractivity contribution in [1.82, 2.24) is 19.5 Å². The summed E-state index contributed by atoms with van der Waals surface area (Å²) in [7, 11) is 0. The summed E-state index contributed by atoms with van der Waals surface area (Å²) in [4.78, 5) is 26.2. The third-order valence-corrected chi connectivity index (χ3v) is 5.36. The Bertz CT molecular complexity index is 1520. The topological polar surface area (TPSA) is 69.9 Å². The molecule has 5 aromatic rings. The lowest BCUT2D eigenvalue weighted by Gasteiger charge is -2.10. The summed E-state index contributed by atoms with van der Waals surface area (Å²) in [5, 5.41) is 0. The first kappa shape index (κ1) is 21.4. The van der Waals surface area contributed by atoms with Gasteiger partial charge in [0.2, 0.25) is 0 Å². The van der Waals surface area contributed by atoms with E-state index >= 15 is 0 Å². The average molecular weight is 456 g/mol. The zero-order valence-corrected chi connectivity index (χ0v) is 18.1. The zero-order valence-electron chi connectivity index (χ0n) is 18.1. The second kappa shape index (κ2) is 8.82. The third-order valence-electron chi connectivity index (χ3n) is 5.36. The van der Waals surface area contributed by atoms with Crippen LogP contribution in [0.1, 0.15) is 27.3 Å². The smallest absolute Gasteiger partial charge is 0.196 e. The first-order chi connectivity index (χ1) is 16.5. The predicted molar refractivity (Wildman–Crippen MR) is 122 cm³/mol. The third kappa shape index (κ3) is 4.13. The Kier molecular flexibility index (Phi) is 5.55. The number of carbonyl (C=O) groups excluding carboxylic acids is 1. The molecule has 168 valence electrons. The summed E-state index contributed by atoms with van der Waals surface area (Å²) >= 11 is 0. The minimum Gasteiger partial charge on any atom is -0.489 e. The standard InChI is InChI=1S/C26H18F2N4O2/c1-16-29-9-10-32(16)24-14-30-22-8-7-18(11-23(22)31-24)26(33)20-12-19(13-21(27)25(20)28)34-15-17-5-3-2-4-6-17/h2-14H,15H2,1H3. The molecule has 0 fully saturated rings. The van der Waals surface area contributed by atoms with Crippen molar-refractivity contribution in [3.63, 3.8) is 0 Å². The number of rotatable bonds is 6. The summed E-state index contributed by atoms with van der Waals surface area (Å²) in [5.41, 5.74) is 1.59. The van der Waals surface area contributed by atoms with Gasteiger partial charge < -0.3 is 4.74 Å². The highest BCUT2D eigenvalue weighted by atomic mass is 19.2. The van der Waals surface area contributed by atoms with E-state index in [2.05, 4.69) is 15.0 Å². The molecule has 0 atom stereocenters. The fourth-order valence-corrected chi connectivity index (χ4v) is 3.59. The highest BCUT2D eigenvalue weighted by molar-refractivity contribution is 6.10. The second-order valence-electron chi connectivity index (χ2n) is 7.65. The lowest BCUT2D eigenvalue weighted by atomic mass is 10.0. The van der Waals surface area contributed by atoms with Crippen LogP contribution in [0.25, 0.3) is 16.9 Å². The summed E-state index contributed by atoms with van der Waals surface area (Å²) in [6, 6.07) is 16.0. The summed E-state index contributed by atoms with van der Waals surface area (Å²) in [6.07, 6.45) is 4.99. The highest BCUT2D eigenvalue weighted by Crippen LogP contribution is 2.25. The van der Waals surface area contributed by atoms with Crippen molar-refractivity contribution in [2.75, 3.05) is 0 Å². The van der Waals surface area contributed by atoms with Crippen LogP contribution in [0.2, 0.25) is 0 Å². The van der Waals surface area contributed by atoms with E-state index in [9.17, 15) is 13.6 Å². The van der Waals surface area contributed by atoms with E-state index in [0.717, 1.165) is 17.5 Å². The summed E-state index contributed by atoms with van der Waals surface area (Å²) in [5.74, 6) is -1.76. The zero-order chi connectivity index (χ0) is 23.7. The number of hydrogen-bond donors (Lipinski definition) is 0. The minimum atomic E-state index is -1.23. The molecule has 5 rings (SSSR count). The lowest BCUT2D eigenvalue weighted by Crippen LogP contribution is -2.08. The number of fused-ring (bicyclic) bond motifs is 1. The minimum absolute atomic E-state index is 0.0598. The van der Waals surface area contributed by atoms with Gasteiger partial charge in [-0.3, -0.25) is 14.3 Å². The number of aryl methyl sites for hydroxylation is 1. The molecule has 2 aromatic heterocycles. The number of ketones is 1. The van der Waals surface area contributed by atoms with Crippen molar-refractivity contribution in [3.05, 3.63) is 113 Å². The Labute approximate surface area is 193 Å². The van der Waals surface area contributed by atoms with Crippen LogP contribution in [-0.4, -0.2) is 25.3 Å². The Morgan fingerprint density at radius 1 is 1.00 bits per heavy atom. The summed E-state index contributed by atoms with van der Waals surface area (Å²) in [6.45, 7) is 1.98. The Balaban J connectivity index is 1.47. The van der Waals surface area contributed by atoms with Crippen LogP contribution in [0.15, 0.2) is 79.3 Å².